The molecular formula is C12H11N5S. The Hall–Kier alpha value is -2.21. The van der Waals surface area contributed by atoms with E-state index >= 15 is 0 Å². The first-order valence-electron chi connectivity index (χ1n) is 5.44. The maximum Gasteiger partial charge on any atom is 0.180 e. The first-order valence-corrected chi connectivity index (χ1v) is 6.26. The van der Waals surface area contributed by atoms with E-state index in [2.05, 4.69) is 15.2 Å². The van der Waals surface area contributed by atoms with Crippen LogP contribution in [0.1, 0.15) is 5.69 Å². The Morgan fingerprint density at radius 2 is 2.00 bits per heavy atom. The number of aryl methyl sites for hydroxylation is 1. The van der Waals surface area contributed by atoms with Gasteiger partial charge in [0.05, 0.1) is 10.6 Å². The minimum atomic E-state index is 0.546. The Labute approximate surface area is 108 Å². The zero-order valence-electron chi connectivity index (χ0n) is 9.74. The Balaban J connectivity index is 2.16. The molecule has 2 heterocycles. The number of rotatable bonds is 2. The highest BCUT2D eigenvalue weighted by molar-refractivity contribution is 7.18. The first-order chi connectivity index (χ1) is 8.75. The van der Waals surface area contributed by atoms with Crippen LogP contribution >= 0.6 is 11.3 Å². The van der Waals surface area contributed by atoms with Crippen molar-refractivity contribution in [2.75, 3.05) is 5.73 Å². The Morgan fingerprint density at radius 1 is 1.22 bits per heavy atom. The second-order valence-electron chi connectivity index (χ2n) is 3.83. The molecule has 0 amide bonds. The summed E-state index contributed by atoms with van der Waals surface area (Å²) in [6.07, 6.45) is 1.69. The monoisotopic (exact) mass is 257 g/mol. The molecule has 0 saturated carbocycles. The third-order valence-corrected chi connectivity index (χ3v) is 3.58. The van der Waals surface area contributed by atoms with Crippen LogP contribution in [-0.2, 0) is 0 Å². The minimum Gasteiger partial charge on any atom is -0.375 e. The number of anilines is 1. The van der Waals surface area contributed by atoms with E-state index in [1.54, 1.807) is 6.33 Å². The molecule has 5 nitrogen and oxygen atoms in total. The molecule has 0 saturated heterocycles. The number of nitrogen functional groups attached to an aromatic ring is 1. The van der Waals surface area contributed by atoms with Crippen molar-refractivity contribution in [1.82, 2.24) is 19.7 Å². The fourth-order valence-corrected chi connectivity index (χ4v) is 2.61. The van der Waals surface area contributed by atoms with Crippen LogP contribution in [0.4, 0.5) is 5.13 Å². The second kappa shape index (κ2) is 4.23. The topological polar surface area (TPSA) is 69.6 Å². The van der Waals surface area contributed by atoms with Crippen LogP contribution < -0.4 is 5.73 Å². The third kappa shape index (κ3) is 1.76. The van der Waals surface area contributed by atoms with Gasteiger partial charge in [-0.1, -0.05) is 29.5 Å². The van der Waals surface area contributed by atoms with Gasteiger partial charge in [0.15, 0.2) is 11.0 Å². The average Bonchev–Trinajstić information content (AvgIpc) is 2.96. The number of nitrogens with two attached hydrogens (primary N) is 1. The molecule has 0 bridgehead atoms. The number of aromatic nitrogens is 4. The van der Waals surface area contributed by atoms with Gasteiger partial charge in [-0.3, -0.25) is 4.57 Å². The summed E-state index contributed by atoms with van der Waals surface area (Å²) < 4.78 is 1.93. The van der Waals surface area contributed by atoms with Crippen molar-refractivity contribution in [2.45, 2.75) is 6.92 Å². The van der Waals surface area contributed by atoms with E-state index in [9.17, 15) is 0 Å². The van der Waals surface area contributed by atoms with Gasteiger partial charge < -0.3 is 5.73 Å². The summed E-state index contributed by atoms with van der Waals surface area (Å²) in [4.78, 5) is 5.17. The van der Waals surface area contributed by atoms with Crippen LogP contribution in [0.15, 0.2) is 36.7 Å². The molecule has 1 aromatic carbocycles. The summed E-state index contributed by atoms with van der Waals surface area (Å²) >= 11 is 1.42. The number of nitrogens with zero attached hydrogens (tertiary/aromatic N) is 4. The maximum absolute atomic E-state index is 5.72. The third-order valence-electron chi connectivity index (χ3n) is 2.60. The fourth-order valence-electron chi connectivity index (χ4n) is 1.79. The minimum absolute atomic E-state index is 0.546. The van der Waals surface area contributed by atoms with E-state index in [0.717, 1.165) is 22.1 Å². The molecule has 0 aliphatic heterocycles. The zero-order valence-corrected chi connectivity index (χ0v) is 10.6. The second-order valence-corrected chi connectivity index (χ2v) is 4.86. The maximum atomic E-state index is 5.72. The molecule has 6 heteroatoms. The predicted molar refractivity (Wildman–Crippen MR) is 71.6 cm³/mol. The van der Waals surface area contributed by atoms with Gasteiger partial charge >= 0.3 is 0 Å². The lowest BCUT2D eigenvalue weighted by atomic mass is 10.3. The average molecular weight is 257 g/mol. The van der Waals surface area contributed by atoms with Crippen molar-refractivity contribution in [3.05, 3.63) is 42.4 Å². The Kier molecular flexibility index (Phi) is 2.56. The number of para-hydroxylation sites is 1. The SMILES string of the molecule is Cc1nc(N)sc1-c1nncn1-c1ccccc1. The Morgan fingerprint density at radius 3 is 2.67 bits per heavy atom. The lowest BCUT2D eigenvalue weighted by molar-refractivity contribution is 1.06. The molecule has 0 aliphatic carbocycles. The van der Waals surface area contributed by atoms with Gasteiger partial charge in [-0.05, 0) is 19.1 Å². The molecule has 0 radical (unpaired) electrons. The van der Waals surface area contributed by atoms with Gasteiger partial charge in [-0.25, -0.2) is 4.98 Å². The molecule has 2 aromatic heterocycles. The standard InChI is InChI=1S/C12H11N5S/c1-8-10(18-12(13)15-8)11-16-14-7-17(11)9-5-3-2-4-6-9/h2-7H,1H3,(H2,13,15). The Bertz CT molecular complexity index is 671. The van der Waals surface area contributed by atoms with Gasteiger partial charge in [0.1, 0.15) is 6.33 Å². The molecule has 90 valence electrons. The summed E-state index contributed by atoms with van der Waals surface area (Å²) in [5.74, 6) is 0.771. The van der Waals surface area contributed by atoms with Crippen molar-refractivity contribution < 1.29 is 0 Å². The number of hydrogen-bond acceptors (Lipinski definition) is 5. The summed E-state index contributed by atoms with van der Waals surface area (Å²) in [5, 5.41) is 8.69. The summed E-state index contributed by atoms with van der Waals surface area (Å²) in [6.45, 7) is 1.92. The van der Waals surface area contributed by atoms with Crippen molar-refractivity contribution >= 4 is 16.5 Å². The highest BCUT2D eigenvalue weighted by Gasteiger charge is 2.15. The van der Waals surface area contributed by atoms with Gasteiger partial charge in [-0.2, -0.15) is 0 Å². The van der Waals surface area contributed by atoms with E-state index in [4.69, 9.17) is 5.73 Å². The normalized spacial score (nSPS) is 10.7. The van der Waals surface area contributed by atoms with Crippen LogP contribution in [-0.4, -0.2) is 19.7 Å². The van der Waals surface area contributed by atoms with E-state index in [1.807, 2.05) is 41.8 Å². The van der Waals surface area contributed by atoms with Crippen LogP contribution in [0.3, 0.4) is 0 Å². The molecular weight excluding hydrogens is 246 g/mol. The molecule has 0 fully saturated rings. The lowest BCUT2D eigenvalue weighted by Gasteiger charge is -2.04. The summed E-state index contributed by atoms with van der Waals surface area (Å²) in [7, 11) is 0. The summed E-state index contributed by atoms with van der Waals surface area (Å²) in [6, 6.07) is 9.95. The van der Waals surface area contributed by atoms with E-state index in [-0.39, 0.29) is 0 Å². The van der Waals surface area contributed by atoms with E-state index < -0.39 is 0 Å². The molecule has 3 rings (SSSR count). The quantitative estimate of drug-likeness (QED) is 0.764. The van der Waals surface area contributed by atoms with Gasteiger partial charge in [-0.15, -0.1) is 10.2 Å². The predicted octanol–water partition coefficient (Wildman–Crippen LogP) is 2.28. The van der Waals surface area contributed by atoms with Crippen molar-refractivity contribution in [3.8, 4) is 16.4 Å². The molecule has 18 heavy (non-hydrogen) atoms. The molecule has 0 atom stereocenters. The van der Waals surface area contributed by atoms with Crippen LogP contribution in [0.25, 0.3) is 16.4 Å². The molecule has 2 N–H and O–H groups in total. The molecule has 0 aliphatic rings. The van der Waals surface area contributed by atoms with Crippen LogP contribution in [0.2, 0.25) is 0 Å². The summed E-state index contributed by atoms with van der Waals surface area (Å²) in [5.41, 5.74) is 7.62. The van der Waals surface area contributed by atoms with Crippen molar-refractivity contribution in [3.63, 3.8) is 0 Å². The van der Waals surface area contributed by atoms with Crippen LogP contribution in [0.5, 0.6) is 0 Å². The smallest absolute Gasteiger partial charge is 0.180 e. The van der Waals surface area contributed by atoms with E-state index in [0.29, 0.717) is 5.13 Å². The van der Waals surface area contributed by atoms with Gasteiger partial charge in [0, 0.05) is 5.69 Å². The molecule has 3 aromatic rings. The molecule has 0 unspecified atom stereocenters. The van der Waals surface area contributed by atoms with Crippen molar-refractivity contribution in [1.29, 1.82) is 0 Å². The number of thiazole rings is 1. The first kappa shape index (κ1) is 10.9. The highest BCUT2D eigenvalue weighted by atomic mass is 32.1. The molecule has 0 spiro atoms. The van der Waals surface area contributed by atoms with Gasteiger partial charge in [0.2, 0.25) is 0 Å². The lowest BCUT2D eigenvalue weighted by Crippen LogP contribution is -1.95. The number of hydrogen-bond donors (Lipinski definition) is 1. The highest BCUT2D eigenvalue weighted by Crippen LogP contribution is 2.30. The zero-order chi connectivity index (χ0) is 12.5. The van der Waals surface area contributed by atoms with Crippen LogP contribution in [0, 0.1) is 6.92 Å². The van der Waals surface area contributed by atoms with Gasteiger partial charge in [0.25, 0.3) is 0 Å². The number of benzene rings is 1. The largest absolute Gasteiger partial charge is 0.375 e. The van der Waals surface area contributed by atoms with E-state index in [1.165, 1.54) is 11.3 Å². The fraction of sp³-hybridized carbons (Fsp3) is 0.0833. The van der Waals surface area contributed by atoms with Crippen molar-refractivity contribution in [2.24, 2.45) is 0 Å².